The Morgan fingerprint density at radius 2 is 1.56 bits per heavy atom. The Balaban J connectivity index is 1.55. The van der Waals surface area contributed by atoms with Crippen molar-refractivity contribution in [1.82, 2.24) is 4.98 Å². The van der Waals surface area contributed by atoms with Crippen molar-refractivity contribution in [1.29, 1.82) is 0 Å². The third-order valence-electron chi connectivity index (χ3n) is 4.53. The molecule has 25 heavy (non-hydrogen) atoms. The Kier molecular flexibility index (Phi) is 4.17. The molecule has 0 radical (unpaired) electrons. The minimum atomic E-state index is -0.166. The van der Waals surface area contributed by atoms with Crippen LogP contribution in [0.4, 0.5) is 0 Å². The van der Waals surface area contributed by atoms with Crippen molar-refractivity contribution in [2.45, 2.75) is 19.5 Å². The number of aromatic amines is 1. The van der Waals surface area contributed by atoms with Gasteiger partial charge in [-0.1, -0.05) is 18.2 Å². The highest BCUT2D eigenvalue weighted by molar-refractivity contribution is 5.82. The van der Waals surface area contributed by atoms with Gasteiger partial charge in [-0.2, -0.15) is 4.65 Å². The Morgan fingerprint density at radius 1 is 0.880 bits per heavy atom. The van der Waals surface area contributed by atoms with E-state index >= 15 is 0 Å². The normalized spacial score (nSPS) is 12.0. The third-order valence-corrected chi connectivity index (χ3v) is 4.53. The molecule has 5 heteroatoms. The van der Waals surface area contributed by atoms with E-state index < -0.39 is 0 Å². The summed E-state index contributed by atoms with van der Waals surface area (Å²) in [7, 11) is 0. The summed E-state index contributed by atoms with van der Waals surface area (Å²) >= 11 is 0. The number of benzene rings is 1. The van der Waals surface area contributed by atoms with Crippen LogP contribution in [-0.4, -0.2) is 21.4 Å². The summed E-state index contributed by atoms with van der Waals surface area (Å²) in [6.07, 6.45) is 6.04. The fourth-order valence-corrected chi connectivity index (χ4v) is 3.27. The lowest BCUT2D eigenvalue weighted by Gasteiger charge is -2.28. The monoisotopic (exact) mass is 337 g/mol. The molecule has 0 spiro atoms. The fraction of sp³-hybridized carbons (Fsp3) is 0.200. The Bertz CT molecular complexity index is 887. The molecule has 4 rings (SSSR count). The van der Waals surface area contributed by atoms with Gasteiger partial charge in [0.1, 0.15) is 6.54 Å². The Labute approximate surface area is 145 Å². The molecule has 3 aromatic heterocycles. The van der Waals surface area contributed by atoms with Crippen LogP contribution < -0.4 is 0 Å². The van der Waals surface area contributed by atoms with Crippen LogP contribution in [0.25, 0.3) is 10.9 Å². The number of rotatable bonds is 7. The van der Waals surface area contributed by atoms with Crippen molar-refractivity contribution in [3.05, 3.63) is 84.3 Å². The molecule has 5 nitrogen and oxygen atoms in total. The standard InChI is InChI=1S/C20H21N2O3/c23-22(14-17-5-3-11-24-17,15-18-6-4-12-25-18)10-9-16-13-21-20-8-2-1-7-19(16)20/h1-8,11-13,21,23H,9-10,14-15H2/q+1. The van der Waals surface area contributed by atoms with E-state index in [1.54, 1.807) is 12.5 Å². The van der Waals surface area contributed by atoms with Gasteiger partial charge in [-0.15, -0.1) is 0 Å². The maximum atomic E-state index is 11.2. The molecule has 4 aromatic rings. The van der Waals surface area contributed by atoms with Gasteiger partial charge in [-0.05, 0) is 35.9 Å². The Hall–Kier alpha value is -2.76. The topological polar surface area (TPSA) is 62.3 Å². The fourth-order valence-electron chi connectivity index (χ4n) is 3.27. The van der Waals surface area contributed by atoms with Crippen LogP contribution in [0.1, 0.15) is 17.1 Å². The first-order chi connectivity index (χ1) is 12.2. The van der Waals surface area contributed by atoms with Crippen LogP contribution in [0.15, 0.2) is 76.1 Å². The SMILES string of the molecule is O[N+](CCc1c[nH]c2ccccc12)(Cc1ccco1)Cc1ccco1. The quantitative estimate of drug-likeness (QED) is 0.385. The van der Waals surface area contributed by atoms with Crippen molar-refractivity contribution in [2.24, 2.45) is 0 Å². The van der Waals surface area contributed by atoms with Crippen molar-refractivity contribution in [3.63, 3.8) is 0 Å². The van der Waals surface area contributed by atoms with E-state index in [1.807, 2.05) is 42.6 Å². The number of aromatic nitrogens is 1. The second-order valence-electron chi connectivity index (χ2n) is 6.40. The molecule has 2 N–H and O–H groups in total. The molecule has 0 saturated heterocycles. The van der Waals surface area contributed by atoms with Crippen LogP contribution in [-0.2, 0) is 19.5 Å². The van der Waals surface area contributed by atoms with E-state index in [9.17, 15) is 5.21 Å². The molecule has 0 aliphatic heterocycles. The number of nitrogens with one attached hydrogen (secondary N) is 1. The molecule has 3 heterocycles. The van der Waals surface area contributed by atoms with E-state index in [-0.39, 0.29) is 4.65 Å². The van der Waals surface area contributed by atoms with Crippen LogP contribution in [0.2, 0.25) is 0 Å². The zero-order valence-electron chi connectivity index (χ0n) is 13.9. The number of H-pyrrole nitrogens is 1. The van der Waals surface area contributed by atoms with Crippen LogP contribution >= 0.6 is 0 Å². The summed E-state index contributed by atoms with van der Waals surface area (Å²) in [4.78, 5) is 3.29. The average molecular weight is 337 g/mol. The van der Waals surface area contributed by atoms with E-state index in [4.69, 9.17) is 8.83 Å². The molecule has 0 aliphatic rings. The van der Waals surface area contributed by atoms with Crippen LogP contribution in [0.3, 0.4) is 0 Å². The zero-order valence-corrected chi connectivity index (χ0v) is 13.9. The van der Waals surface area contributed by atoms with Crippen LogP contribution in [0.5, 0.6) is 0 Å². The number of para-hydroxylation sites is 1. The van der Waals surface area contributed by atoms with Crippen molar-refractivity contribution >= 4 is 10.9 Å². The lowest BCUT2D eigenvalue weighted by molar-refractivity contribution is -1.12. The average Bonchev–Trinajstić information content (AvgIpc) is 3.35. The Morgan fingerprint density at radius 3 is 2.20 bits per heavy atom. The smallest absolute Gasteiger partial charge is 0.167 e. The predicted octanol–water partition coefficient (Wildman–Crippen LogP) is 4.50. The minimum absolute atomic E-state index is 0.166. The van der Waals surface area contributed by atoms with Gasteiger partial charge in [0.2, 0.25) is 0 Å². The maximum Gasteiger partial charge on any atom is 0.167 e. The lowest BCUT2D eigenvalue weighted by atomic mass is 10.1. The van der Waals surface area contributed by atoms with Gasteiger partial charge in [0.25, 0.3) is 0 Å². The predicted molar refractivity (Wildman–Crippen MR) is 93.7 cm³/mol. The summed E-state index contributed by atoms with van der Waals surface area (Å²) in [5.74, 6) is 1.51. The number of furan rings is 2. The van der Waals surface area contributed by atoms with Gasteiger partial charge in [0.05, 0.1) is 12.5 Å². The van der Waals surface area contributed by atoms with E-state index in [2.05, 4.69) is 17.1 Å². The van der Waals surface area contributed by atoms with Gasteiger partial charge < -0.3 is 13.8 Å². The van der Waals surface area contributed by atoms with Crippen LogP contribution in [0, 0.1) is 0 Å². The highest BCUT2D eigenvalue weighted by atomic mass is 16.5. The first-order valence-electron chi connectivity index (χ1n) is 8.40. The zero-order chi connectivity index (χ0) is 17.1. The molecule has 1 aromatic carbocycles. The second kappa shape index (κ2) is 6.63. The van der Waals surface area contributed by atoms with Gasteiger partial charge in [-0.3, -0.25) is 0 Å². The third kappa shape index (κ3) is 3.52. The molecular formula is C20H21N2O3+. The number of hydroxylamine groups is 3. The summed E-state index contributed by atoms with van der Waals surface area (Å²) in [6, 6.07) is 15.7. The highest BCUT2D eigenvalue weighted by Gasteiger charge is 2.29. The number of fused-ring (bicyclic) bond motifs is 1. The molecule has 0 saturated carbocycles. The summed E-state index contributed by atoms with van der Waals surface area (Å²) in [5.41, 5.74) is 2.32. The van der Waals surface area contributed by atoms with E-state index in [0.717, 1.165) is 23.5 Å². The summed E-state index contributed by atoms with van der Waals surface area (Å²) in [6.45, 7) is 1.36. The number of hydrogen-bond donors (Lipinski definition) is 2. The highest BCUT2D eigenvalue weighted by Crippen LogP contribution is 2.22. The molecule has 0 aliphatic carbocycles. The lowest BCUT2D eigenvalue weighted by Crippen LogP contribution is -2.44. The van der Waals surface area contributed by atoms with Gasteiger partial charge in [0, 0.05) is 23.5 Å². The molecule has 0 bridgehead atoms. The van der Waals surface area contributed by atoms with Crippen molar-refractivity contribution in [3.8, 4) is 0 Å². The summed E-state index contributed by atoms with van der Waals surface area (Å²) in [5, 5.41) is 12.4. The first kappa shape index (κ1) is 15.7. The number of nitrogens with zero attached hydrogens (tertiary/aromatic N) is 1. The van der Waals surface area contributed by atoms with Crippen molar-refractivity contribution < 1.29 is 18.7 Å². The second-order valence-corrected chi connectivity index (χ2v) is 6.40. The first-order valence-corrected chi connectivity index (χ1v) is 8.40. The van der Waals surface area contributed by atoms with E-state index in [0.29, 0.717) is 19.6 Å². The number of quaternary nitrogens is 1. The minimum Gasteiger partial charge on any atom is -0.463 e. The maximum absolute atomic E-state index is 11.2. The van der Waals surface area contributed by atoms with Gasteiger partial charge in [0.15, 0.2) is 24.6 Å². The molecule has 0 amide bonds. The largest absolute Gasteiger partial charge is 0.463 e. The van der Waals surface area contributed by atoms with Gasteiger partial charge in [-0.25, -0.2) is 5.21 Å². The molecule has 128 valence electrons. The molecular weight excluding hydrogens is 316 g/mol. The molecule has 0 unspecified atom stereocenters. The number of hydrogen-bond acceptors (Lipinski definition) is 3. The molecule has 0 atom stereocenters. The van der Waals surface area contributed by atoms with Crippen molar-refractivity contribution in [2.75, 3.05) is 6.54 Å². The van der Waals surface area contributed by atoms with E-state index in [1.165, 1.54) is 10.9 Å². The summed E-state index contributed by atoms with van der Waals surface area (Å²) < 4.78 is 10.7. The van der Waals surface area contributed by atoms with Gasteiger partial charge >= 0.3 is 0 Å². The molecule has 0 fully saturated rings.